The molecular weight excluding hydrogens is 457 g/mol. The minimum absolute atomic E-state index is 0.0709. The predicted octanol–water partition coefficient (Wildman–Crippen LogP) is 4.72. The number of thiophene rings is 1. The summed E-state index contributed by atoms with van der Waals surface area (Å²) in [5.74, 6) is 0.379. The monoisotopic (exact) mass is 471 g/mol. The molecule has 0 spiro atoms. The maximum atomic E-state index is 11.6. The zero-order valence-electron chi connectivity index (χ0n) is 16.0. The summed E-state index contributed by atoms with van der Waals surface area (Å²) in [7, 11) is 1.49. The lowest BCUT2D eigenvalue weighted by molar-refractivity contribution is 0.254. The quantitative estimate of drug-likeness (QED) is 0.315. The standard InChI is InChI=1S/C20H15Cl2N7OS/c1-26-20(30)29-15-6-10(4-5-27-15)17-13(8-23)16(18(31-17)19(25)28-9-24)12-3-2-11(21)7-14(12)22/h2-7,9H,1H3,(H3,24,25,28)(H2,26,27,29,30). The first-order valence-electron chi connectivity index (χ1n) is 8.69. The molecule has 156 valence electrons. The van der Waals surface area contributed by atoms with Gasteiger partial charge in [-0.3, -0.25) is 10.7 Å². The number of hydrogen-bond acceptors (Lipinski definition) is 5. The minimum atomic E-state index is -0.423. The lowest BCUT2D eigenvalue weighted by Gasteiger charge is -2.08. The fourth-order valence-corrected chi connectivity index (χ4v) is 4.49. The number of hydrogen-bond donors (Lipinski definition) is 4. The SMILES string of the molecule is CNC(=O)Nc1cc(-c2sc(C(N)=NC=N)c(-c3ccc(Cl)cc3Cl)c2C#N)ccn1. The average molecular weight is 472 g/mol. The van der Waals surface area contributed by atoms with Gasteiger partial charge in [0.15, 0.2) is 0 Å². The van der Waals surface area contributed by atoms with Crippen LogP contribution in [0.4, 0.5) is 10.6 Å². The van der Waals surface area contributed by atoms with Gasteiger partial charge >= 0.3 is 6.03 Å². The smallest absolute Gasteiger partial charge is 0.320 e. The summed E-state index contributed by atoms with van der Waals surface area (Å²) < 4.78 is 0. The lowest BCUT2D eigenvalue weighted by atomic mass is 9.98. The third-order valence-corrected chi connectivity index (χ3v) is 5.96. The fourth-order valence-electron chi connectivity index (χ4n) is 2.82. The number of benzene rings is 1. The number of amides is 2. The minimum Gasteiger partial charge on any atom is -0.382 e. The van der Waals surface area contributed by atoms with Gasteiger partial charge in [-0.1, -0.05) is 29.3 Å². The third kappa shape index (κ3) is 4.67. The number of nitrogens with two attached hydrogens (primary N) is 1. The van der Waals surface area contributed by atoms with Crippen molar-refractivity contribution in [2.24, 2.45) is 10.7 Å². The molecule has 3 aromatic rings. The van der Waals surface area contributed by atoms with Crippen LogP contribution in [0, 0.1) is 16.7 Å². The maximum Gasteiger partial charge on any atom is 0.320 e. The van der Waals surface area contributed by atoms with Gasteiger partial charge in [-0.25, -0.2) is 14.8 Å². The van der Waals surface area contributed by atoms with E-state index in [1.54, 1.807) is 30.3 Å². The molecule has 3 rings (SSSR count). The maximum absolute atomic E-state index is 11.6. The van der Waals surface area contributed by atoms with E-state index in [2.05, 4.69) is 26.7 Å². The van der Waals surface area contributed by atoms with E-state index in [0.717, 1.165) is 6.34 Å². The summed E-state index contributed by atoms with van der Waals surface area (Å²) in [4.78, 5) is 20.7. The van der Waals surface area contributed by atoms with Gasteiger partial charge in [0.05, 0.1) is 15.3 Å². The number of nitrogens with one attached hydrogen (secondary N) is 3. The van der Waals surface area contributed by atoms with Crippen LogP contribution in [0.25, 0.3) is 21.6 Å². The Morgan fingerprint density at radius 3 is 2.77 bits per heavy atom. The number of nitrogens with zero attached hydrogens (tertiary/aromatic N) is 3. The van der Waals surface area contributed by atoms with Gasteiger partial charge in [0.25, 0.3) is 0 Å². The van der Waals surface area contributed by atoms with E-state index in [0.29, 0.717) is 47.9 Å². The van der Waals surface area contributed by atoms with Gasteiger partial charge in [0, 0.05) is 34.4 Å². The zero-order chi connectivity index (χ0) is 22.5. The first-order chi connectivity index (χ1) is 14.9. The van der Waals surface area contributed by atoms with Crippen molar-refractivity contribution in [2.45, 2.75) is 0 Å². The average Bonchev–Trinajstić information content (AvgIpc) is 3.13. The summed E-state index contributed by atoms with van der Waals surface area (Å²) in [5.41, 5.74) is 8.12. The number of halogens is 2. The number of pyridine rings is 1. The first-order valence-corrected chi connectivity index (χ1v) is 10.3. The Balaban J connectivity index is 2.27. The number of urea groups is 1. The molecule has 0 saturated heterocycles. The number of rotatable bonds is 5. The predicted molar refractivity (Wildman–Crippen MR) is 125 cm³/mol. The van der Waals surface area contributed by atoms with E-state index in [9.17, 15) is 10.1 Å². The van der Waals surface area contributed by atoms with Crippen LogP contribution >= 0.6 is 34.5 Å². The first kappa shape index (κ1) is 22.2. The van der Waals surface area contributed by atoms with Gasteiger partial charge in [-0.15, -0.1) is 11.3 Å². The van der Waals surface area contributed by atoms with Crippen molar-refractivity contribution < 1.29 is 4.79 Å². The van der Waals surface area contributed by atoms with Gasteiger partial charge in [-0.05, 0) is 29.8 Å². The van der Waals surface area contributed by atoms with Crippen LogP contribution in [0.3, 0.4) is 0 Å². The molecular formula is C20H15Cl2N7OS. The Kier molecular flexibility index (Phi) is 6.87. The van der Waals surface area contributed by atoms with Crippen molar-refractivity contribution in [3.63, 3.8) is 0 Å². The zero-order valence-corrected chi connectivity index (χ0v) is 18.4. The molecule has 0 atom stereocenters. The molecule has 2 amide bonds. The van der Waals surface area contributed by atoms with Crippen molar-refractivity contribution in [1.29, 1.82) is 10.7 Å². The highest BCUT2D eigenvalue weighted by Gasteiger charge is 2.24. The molecule has 0 saturated carbocycles. The van der Waals surface area contributed by atoms with Crippen molar-refractivity contribution in [3.05, 3.63) is 57.0 Å². The number of carbonyl (C=O) groups is 1. The second-order valence-electron chi connectivity index (χ2n) is 6.02. The molecule has 11 heteroatoms. The van der Waals surface area contributed by atoms with Crippen LogP contribution in [-0.4, -0.2) is 30.2 Å². The van der Waals surface area contributed by atoms with E-state index in [1.165, 1.54) is 24.6 Å². The largest absolute Gasteiger partial charge is 0.382 e. The molecule has 2 aromatic heterocycles. The molecule has 2 heterocycles. The molecule has 5 N–H and O–H groups in total. The molecule has 0 aliphatic rings. The summed E-state index contributed by atoms with van der Waals surface area (Å²) >= 11 is 13.7. The van der Waals surface area contributed by atoms with Crippen LogP contribution in [0.2, 0.25) is 10.0 Å². The molecule has 0 aliphatic carbocycles. The molecule has 0 fully saturated rings. The number of anilines is 1. The number of aromatic nitrogens is 1. The van der Waals surface area contributed by atoms with E-state index < -0.39 is 6.03 Å². The second kappa shape index (κ2) is 9.57. The number of carbonyl (C=O) groups excluding carboxylic acids is 1. The van der Waals surface area contributed by atoms with Crippen LogP contribution in [0.1, 0.15) is 10.4 Å². The van der Waals surface area contributed by atoms with E-state index in [4.69, 9.17) is 34.3 Å². The molecule has 31 heavy (non-hydrogen) atoms. The summed E-state index contributed by atoms with van der Waals surface area (Å²) in [6.45, 7) is 0. The molecule has 0 aliphatic heterocycles. The Morgan fingerprint density at radius 2 is 2.13 bits per heavy atom. The molecule has 8 nitrogen and oxygen atoms in total. The normalized spacial score (nSPS) is 11.0. The topological polar surface area (TPSA) is 140 Å². The Morgan fingerprint density at radius 1 is 1.35 bits per heavy atom. The Hall–Kier alpha value is -3.45. The van der Waals surface area contributed by atoms with Crippen LogP contribution in [-0.2, 0) is 0 Å². The second-order valence-corrected chi connectivity index (χ2v) is 7.89. The number of amidine groups is 1. The van der Waals surface area contributed by atoms with Gasteiger partial charge in [0.2, 0.25) is 0 Å². The number of nitriles is 1. The van der Waals surface area contributed by atoms with Crippen LogP contribution in [0.15, 0.2) is 41.5 Å². The van der Waals surface area contributed by atoms with Crippen LogP contribution in [0.5, 0.6) is 0 Å². The highest BCUT2D eigenvalue weighted by atomic mass is 35.5. The van der Waals surface area contributed by atoms with Crippen molar-refractivity contribution in [1.82, 2.24) is 10.3 Å². The van der Waals surface area contributed by atoms with E-state index in [-0.39, 0.29) is 5.84 Å². The molecule has 1 aromatic carbocycles. The summed E-state index contributed by atoms with van der Waals surface area (Å²) in [6.07, 6.45) is 2.34. The van der Waals surface area contributed by atoms with E-state index >= 15 is 0 Å². The molecule has 0 unspecified atom stereocenters. The van der Waals surface area contributed by atoms with Crippen molar-refractivity contribution >= 4 is 58.6 Å². The van der Waals surface area contributed by atoms with Crippen molar-refractivity contribution in [3.8, 4) is 27.6 Å². The van der Waals surface area contributed by atoms with Gasteiger partial charge in [-0.2, -0.15) is 5.26 Å². The van der Waals surface area contributed by atoms with Gasteiger partial charge in [0.1, 0.15) is 24.1 Å². The summed E-state index contributed by atoms with van der Waals surface area (Å²) in [5, 5.41) is 23.1. The van der Waals surface area contributed by atoms with Crippen LogP contribution < -0.4 is 16.4 Å². The number of aliphatic imine (C=N–C) groups is 1. The van der Waals surface area contributed by atoms with Crippen molar-refractivity contribution in [2.75, 3.05) is 12.4 Å². The summed E-state index contributed by atoms with van der Waals surface area (Å²) in [6, 6.07) is 10.1. The molecule has 0 radical (unpaired) electrons. The van der Waals surface area contributed by atoms with Gasteiger partial charge < -0.3 is 11.1 Å². The highest BCUT2D eigenvalue weighted by Crippen LogP contribution is 2.44. The third-order valence-electron chi connectivity index (χ3n) is 4.15. The fraction of sp³-hybridized carbons (Fsp3) is 0.0500. The van der Waals surface area contributed by atoms with E-state index in [1.807, 2.05) is 0 Å². The Bertz CT molecular complexity index is 1250. The lowest BCUT2D eigenvalue weighted by Crippen LogP contribution is -2.24. The Labute approximate surface area is 191 Å². The highest BCUT2D eigenvalue weighted by molar-refractivity contribution is 7.18. The molecule has 0 bridgehead atoms.